The van der Waals surface area contributed by atoms with Crippen molar-refractivity contribution in [2.45, 2.75) is 52.1 Å². The summed E-state index contributed by atoms with van der Waals surface area (Å²) in [7, 11) is 0. The summed E-state index contributed by atoms with van der Waals surface area (Å²) in [5.74, 6) is -0.0161. The van der Waals surface area contributed by atoms with Crippen LogP contribution < -0.4 is 0 Å². The first-order chi connectivity index (χ1) is 11.9. The van der Waals surface area contributed by atoms with Gasteiger partial charge in [0.1, 0.15) is 13.2 Å². The predicted molar refractivity (Wildman–Crippen MR) is 90.4 cm³/mol. The molecule has 1 saturated heterocycles. The Morgan fingerprint density at radius 1 is 1.32 bits per heavy atom. The molecule has 5 nitrogen and oxygen atoms in total. The van der Waals surface area contributed by atoms with E-state index in [2.05, 4.69) is 13.8 Å². The van der Waals surface area contributed by atoms with Gasteiger partial charge in [0.15, 0.2) is 0 Å². The minimum absolute atomic E-state index is 0.113. The van der Waals surface area contributed by atoms with E-state index in [0.717, 1.165) is 36.8 Å². The standard InChI is InChI=1S/C20H26O5/c1-12-15(21)9-20-11-25-18(23)14(20)4-3-5-16(20)19(12,2)7-6-13-8-17(22)24-10-13/h4,8,12,15-16,21H,3,5-7,9-11H2,1-2H3/t12-,15-,16-,19+,20+/m1/s1. The van der Waals surface area contributed by atoms with E-state index in [-0.39, 0.29) is 28.7 Å². The highest BCUT2D eigenvalue weighted by Gasteiger charge is 2.63. The first-order valence-electron chi connectivity index (χ1n) is 9.29. The zero-order chi connectivity index (χ0) is 17.8. The molecule has 5 heteroatoms. The van der Waals surface area contributed by atoms with Gasteiger partial charge in [-0.15, -0.1) is 0 Å². The molecule has 5 atom stereocenters. The number of hydrogen-bond donors (Lipinski definition) is 1. The molecular formula is C20H26O5. The van der Waals surface area contributed by atoms with E-state index < -0.39 is 6.10 Å². The quantitative estimate of drug-likeness (QED) is 0.795. The van der Waals surface area contributed by atoms with Crippen molar-refractivity contribution in [1.29, 1.82) is 0 Å². The third-order valence-corrected chi connectivity index (χ3v) is 7.38. The van der Waals surface area contributed by atoms with Crippen LogP contribution in [0.25, 0.3) is 0 Å². The summed E-state index contributed by atoms with van der Waals surface area (Å²) >= 11 is 0. The Balaban J connectivity index is 1.66. The smallest absolute Gasteiger partial charge is 0.334 e. The van der Waals surface area contributed by atoms with E-state index in [0.29, 0.717) is 25.6 Å². The Morgan fingerprint density at radius 3 is 2.84 bits per heavy atom. The summed E-state index contributed by atoms with van der Waals surface area (Å²) in [6, 6.07) is 0. The lowest BCUT2D eigenvalue weighted by molar-refractivity contribution is -0.138. The number of cyclic esters (lactones) is 2. The second kappa shape index (κ2) is 5.70. The summed E-state index contributed by atoms with van der Waals surface area (Å²) in [6.45, 7) is 5.15. The number of carbonyl (C=O) groups is 2. The number of rotatable bonds is 3. The van der Waals surface area contributed by atoms with Crippen molar-refractivity contribution in [1.82, 2.24) is 0 Å². The van der Waals surface area contributed by atoms with E-state index in [1.165, 1.54) is 0 Å². The minimum atomic E-state index is -0.451. The van der Waals surface area contributed by atoms with Crippen molar-refractivity contribution in [2.24, 2.45) is 22.7 Å². The molecular weight excluding hydrogens is 320 g/mol. The van der Waals surface area contributed by atoms with Gasteiger partial charge in [0, 0.05) is 17.1 Å². The molecule has 2 aliphatic heterocycles. The Hall–Kier alpha value is -1.62. The van der Waals surface area contributed by atoms with Gasteiger partial charge in [0.05, 0.1) is 6.10 Å². The van der Waals surface area contributed by atoms with Gasteiger partial charge in [-0.05, 0) is 54.9 Å². The third-order valence-electron chi connectivity index (χ3n) is 7.38. The van der Waals surface area contributed by atoms with Crippen LogP contribution in [0.15, 0.2) is 23.3 Å². The molecule has 0 aromatic heterocycles. The molecule has 0 aromatic carbocycles. The highest BCUT2D eigenvalue weighted by Crippen LogP contribution is 2.63. The summed E-state index contributed by atoms with van der Waals surface area (Å²) in [5.41, 5.74) is 1.36. The second-order valence-corrected chi connectivity index (χ2v) is 8.46. The van der Waals surface area contributed by atoms with E-state index in [9.17, 15) is 14.7 Å². The van der Waals surface area contributed by atoms with Gasteiger partial charge in [0.2, 0.25) is 0 Å². The van der Waals surface area contributed by atoms with Gasteiger partial charge in [-0.2, -0.15) is 0 Å². The van der Waals surface area contributed by atoms with Crippen LogP contribution in [0.3, 0.4) is 0 Å². The van der Waals surface area contributed by atoms with Crippen molar-refractivity contribution in [2.75, 3.05) is 13.2 Å². The number of carbonyl (C=O) groups excluding carboxylic acids is 2. The molecule has 0 unspecified atom stereocenters. The molecule has 0 radical (unpaired) electrons. The third kappa shape index (κ3) is 2.39. The van der Waals surface area contributed by atoms with Gasteiger partial charge in [-0.1, -0.05) is 19.9 Å². The Bertz CT molecular complexity index is 678. The van der Waals surface area contributed by atoms with Gasteiger partial charge < -0.3 is 14.6 Å². The van der Waals surface area contributed by atoms with Crippen LogP contribution in [-0.2, 0) is 19.1 Å². The molecule has 1 saturated carbocycles. The molecule has 1 spiro atoms. The summed E-state index contributed by atoms with van der Waals surface area (Å²) in [4.78, 5) is 23.5. The average molecular weight is 346 g/mol. The maximum Gasteiger partial charge on any atom is 0.334 e. The molecule has 0 aromatic rings. The van der Waals surface area contributed by atoms with Crippen molar-refractivity contribution in [3.63, 3.8) is 0 Å². The summed E-state index contributed by atoms with van der Waals surface area (Å²) in [6.07, 6.45) is 7.35. The van der Waals surface area contributed by atoms with Gasteiger partial charge >= 0.3 is 11.9 Å². The SMILES string of the molecule is C[C@@H]1[C@H](O)C[C@]23COC(=O)C2=CCC[C@@H]3[C@@]1(C)CCC1=CC(=O)OC1. The van der Waals surface area contributed by atoms with Crippen LogP contribution in [0.1, 0.15) is 46.0 Å². The van der Waals surface area contributed by atoms with Crippen molar-refractivity contribution >= 4 is 11.9 Å². The number of aliphatic hydroxyl groups is 1. The Morgan fingerprint density at radius 2 is 2.12 bits per heavy atom. The molecule has 4 rings (SSSR count). The van der Waals surface area contributed by atoms with Gasteiger partial charge in [-0.25, -0.2) is 9.59 Å². The van der Waals surface area contributed by atoms with Crippen molar-refractivity contribution < 1.29 is 24.2 Å². The maximum atomic E-state index is 12.2. The first-order valence-corrected chi connectivity index (χ1v) is 9.29. The van der Waals surface area contributed by atoms with E-state index in [1.807, 2.05) is 6.08 Å². The van der Waals surface area contributed by atoms with E-state index in [1.54, 1.807) is 6.08 Å². The maximum absolute atomic E-state index is 12.2. The zero-order valence-corrected chi connectivity index (χ0v) is 14.9. The van der Waals surface area contributed by atoms with Crippen LogP contribution in [-0.4, -0.2) is 36.4 Å². The fraction of sp³-hybridized carbons (Fsp3) is 0.700. The topological polar surface area (TPSA) is 72.8 Å². The molecule has 2 aliphatic carbocycles. The number of esters is 2. The molecule has 1 N–H and O–H groups in total. The fourth-order valence-electron chi connectivity index (χ4n) is 5.77. The molecule has 25 heavy (non-hydrogen) atoms. The van der Waals surface area contributed by atoms with Crippen LogP contribution in [0.5, 0.6) is 0 Å². The highest BCUT2D eigenvalue weighted by molar-refractivity contribution is 5.92. The summed E-state index contributed by atoms with van der Waals surface area (Å²) in [5, 5.41) is 10.8. The van der Waals surface area contributed by atoms with Crippen LogP contribution in [0.2, 0.25) is 0 Å². The fourth-order valence-corrected chi connectivity index (χ4v) is 5.77. The second-order valence-electron chi connectivity index (χ2n) is 8.46. The van der Waals surface area contributed by atoms with Crippen LogP contribution >= 0.6 is 0 Å². The average Bonchev–Trinajstić information content (AvgIpc) is 3.15. The lowest BCUT2D eigenvalue weighted by Gasteiger charge is -2.58. The number of ether oxygens (including phenoxy) is 2. The molecule has 0 amide bonds. The largest absolute Gasteiger partial charge is 0.461 e. The van der Waals surface area contributed by atoms with E-state index in [4.69, 9.17) is 9.47 Å². The molecule has 0 bridgehead atoms. The Kier molecular flexibility index (Phi) is 3.83. The first kappa shape index (κ1) is 16.8. The number of hydrogen-bond acceptors (Lipinski definition) is 5. The molecule has 2 heterocycles. The molecule has 2 fully saturated rings. The number of aliphatic hydroxyl groups excluding tert-OH is 1. The van der Waals surface area contributed by atoms with Gasteiger partial charge in [-0.3, -0.25) is 0 Å². The van der Waals surface area contributed by atoms with Crippen molar-refractivity contribution in [3.8, 4) is 0 Å². The summed E-state index contributed by atoms with van der Waals surface area (Å²) < 4.78 is 10.5. The lowest BCUT2D eigenvalue weighted by Crippen LogP contribution is -2.56. The normalized spacial score (nSPS) is 42.9. The monoisotopic (exact) mass is 346 g/mol. The van der Waals surface area contributed by atoms with Crippen LogP contribution in [0, 0.1) is 22.7 Å². The highest BCUT2D eigenvalue weighted by atomic mass is 16.5. The molecule has 4 aliphatic rings. The van der Waals surface area contributed by atoms with Gasteiger partial charge in [0.25, 0.3) is 0 Å². The Labute approximate surface area is 148 Å². The van der Waals surface area contributed by atoms with Crippen LogP contribution in [0.4, 0.5) is 0 Å². The lowest BCUT2D eigenvalue weighted by atomic mass is 9.46. The van der Waals surface area contributed by atoms with E-state index >= 15 is 0 Å². The minimum Gasteiger partial charge on any atom is -0.461 e. The predicted octanol–water partition coefficient (Wildman–Crippen LogP) is 2.54. The zero-order valence-electron chi connectivity index (χ0n) is 14.9. The number of allylic oxidation sites excluding steroid dienone is 1. The molecule has 136 valence electrons. The van der Waals surface area contributed by atoms with Crippen molar-refractivity contribution in [3.05, 3.63) is 23.3 Å².